The standard InChI is InChI=1S/C17H12Cl2F3N7O/c18-10-3-1-2-8(4-10)16(30)29-28-15-12(23)14(25-7-26-15)27-13-11(19)5-9(6-24-13)17(20,21)22/h1-7H,23H2,(H,29,30)(H2,24,25,26,27,28). The van der Waals surface area contributed by atoms with Crippen molar-refractivity contribution >= 4 is 52.3 Å². The zero-order valence-corrected chi connectivity index (χ0v) is 16.3. The van der Waals surface area contributed by atoms with Crippen molar-refractivity contribution in [1.29, 1.82) is 0 Å². The van der Waals surface area contributed by atoms with Crippen LogP contribution in [0.1, 0.15) is 15.9 Å². The summed E-state index contributed by atoms with van der Waals surface area (Å²) in [5.74, 6) is -0.550. The van der Waals surface area contributed by atoms with E-state index in [1.54, 1.807) is 18.2 Å². The zero-order valence-electron chi connectivity index (χ0n) is 14.8. The summed E-state index contributed by atoms with van der Waals surface area (Å²) in [6.45, 7) is 0. The third-order valence-electron chi connectivity index (χ3n) is 3.67. The number of hydrogen-bond donors (Lipinski definition) is 4. The van der Waals surface area contributed by atoms with Gasteiger partial charge in [0.25, 0.3) is 5.91 Å². The van der Waals surface area contributed by atoms with E-state index in [0.717, 1.165) is 12.4 Å². The van der Waals surface area contributed by atoms with Gasteiger partial charge in [0.1, 0.15) is 17.8 Å². The molecular formula is C17H12Cl2F3N7O. The Labute approximate surface area is 177 Å². The van der Waals surface area contributed by atoms with E-state index in [0.29, 0.717) is 16.8 Å². The highest BCUT2D eigenvalue weighted by Crippen LogP contribution is 2.34. The molecule has 0 bridgehead atoms. The third kappa shape index (κ3) is 4.99. The Balaban J connectivity index is 1.74. The fourth-order valence-corrected chi connectivity index (χ4v) is 2.61. The Morgan fingerprint density at radius 3 is 2.43 bits per heavy atom. The van der Waals surface area contributed by atoms with Crippen molar-refractivity contribution in [3.8, 4) is 0 Å². The topological polar surface area (TPSA) is 118 Å². The third-order valence-corrected chi connectivity index (χ3v) is 4.19. The van der Waals surface area contributed by atoms with Crippen LogP contribution in [0.5, 0.6) is 0 Å². The average molecular weight is 458 g/mol. The Hall–Kier alpha value is -3.31. The van der Waals surface area contributed by atoms with Gasteiger partial charge in [0, 0.05) is 16.8 Å². The number of anilines is 4. The second-order valence-electron chi connectivity index (χ2n) is 5.75. The molecule has 0 spiro atoms. The lowest BCUT2D eigenvalue weighted by Gasteiger charge is -2.14. The minimum absolute atomic E-state index is 0.0127. The van der Waals surface area contributed by atoms with Crippen molar-refractivity contribution in [2.45, 2.75) is 6.18 Å². The van der Waals surface area contributed by atoms with Crippen LogP contribution in [0.2, 0.25) is 10.0 Å². The van der Waals surface area contributed by atoms with Gasteiger partial charge in [-0.15, -0.1) is 0 Å². The fraction of sp³-hybridized carbons (Fsp3) is 0.0588. The van der Waals surface area contributed by atoms with Gasteiger partial charge in [-0.2, -0.15) is 13.2 Å². The lowest BCUT2D eigenvalue weighted by atomic mass is 10.2. The van der Waals surface area contributed by atoms with Gasteiger partial charge in [-0.05, 0) is 24.3 Å². The van der Waals surface area contributed by atoms with Crippen molar-refractivity contribution in [3.63, 3.8) is 0 Å². The molecule has 2 aromatic heterocycles. The summed E-state index contributed by atoms with van der Waals surface area (Å²) in [5.41, 5.74) is 10.1. The first-order valence-corrected chi connectivity index (χ1v) is 8.83. The number of carbonyl (C=O) groups is 1. The van der Waals surface area contributed by atoms with E-state index in [1.165, 1.54) is 6.07 Å². The van der Waals surface area contributed by atoms with E-state index in [-0.39, 0.29) is 28.2 Å². The molecule has 8 nitrogen and oxygen atoms in total. The van der Waals surface area contributed by atoms with Crippen LogP contribution in [0.3, 0.4) is 0 Å². The number of nitrogens with zero attached hydrogens (tertiary/aromatic N) is 3. The molecule has 3 aromatic rings. The summed E-state index contributed by atoms with van der Waals surface area (Å²) < 4.78 is 38.2. The maximum absolute atomic E-state index is 12.7. The molecule has 1 amide bonds. The first-order chi connectivity index (χ1) is 14.1. The fourth-order valence-electron chi connectivity index (χ4n) is 2.21. The number of nitrogens with one attached hydrogen (secondary N) is 3. The molecular weight excluding hydrogens is 446 g/mol. The molecule has 0 saturated carbocycles. The Morgan fingerprint density at radius 1 is 1.03 bits per heavy atom. The van der Waals surface area contributed by atoms with E-state index >= 15 is 0 Å². The second-order valence-corrected chi connectivity index (χ2v) is 6.59. The molecule has 0 aliphatic heterocycles. The van der Waals surface area contributed by atoms with Crippen molar-refractivity contribution in [2.75, 3.05) is 16.5 Å². The number of amides is 1. The van der Waals surface area contributed by atoms with Gasteiger partial charge < -0.3 is 11.1 Å². The first kappa shape index (κ1) is 21.4. The van der Waals surface area contributed by atoms with E-state index in [1.807, 2.05) is 0 Å². The number of hydrazine groups is 1. The van der Waals surface area contributed by atoms with Crippen LogP contribution in [-0.4, -0.2) is 20.9 Å². The largest absolute Gasteiger partial charge is 0.417 e. The molecule has 0 aliphatic carbocycles. The summed E-state index contributed by atoms with van der Waals surface area (Å²) in [6, 6.07) is 6.97. The van der Waals surface area contributed by atoms with Crippen LogP contribution in [0.15, 0.2) is 42.9 Å². The van der Waals surface area contributed by atoms with Gasteiger partial charge in [-0.1, -0.05) is 29.3 Å². The molecule has 5 N–H and O–H groups in total. The first-order valence-electron chi connectivity index (χ1n) is 8.07. The van der Waals surface area contributed by atoms with E-state index in [2.05, 4.69) is 31.1 Å². The quantitative estimate of drug-likeness (QED) is 0.422. The van der Waals surface area contributed by atoms with E-state index in [9.17, 15) is 18.0 Å². The molecule has 0 saturated heterocycles. The number of pyridine rings is 1. The van der Waals surface area contributed by atoms with Gasteiger partial charge in [-0.3, -0.25) is 15.6 Å². The number of hydrogen-bond acceptors (Lipinski definition) is 7. The minimum Gasteiger partial charge on any atom is -0.393 e. The van der Waals surface area contributed by atoms with Crippen molar-refractivity contribution in [2.24, 2.45) is 0 Å². The lowest BCUT2D eigenvalue weighted by Crippen LogP contribution is -2.30. The number of alkyl halides is 3. The number of nitrogens with two attached hydrogens (primary N) is 1. The molecule has 1 aromatic carbocycles. The predicted octanol–water partition coefficient (Wildman–Crippen LogP) is 4.28. The monoisotopic (exact) mass is 457 g/mol. The van der Waals surface area contributed by atoms with Gasteiger partial charge in [0.15, 0.2) is 11.6 Å². The van der Waals surface area contributed by atoms with Gasteiger partial charge in [0.2, 0.25) is 0 Å². The highest BCUT2D eigenvalue weighted by molar-refractivity contribution is 6.33. The number of carbonyl (C=O) groups excluding carboxylic acids is 1. The van der Waals surface area contributed by atoms with Crippen LogP contribution < -0.4 is 21.9 Å². The number of nitrogen functional groups attached to an aromatic ring is 1. The van der Waals surface area contributed by atoms with Crippen LogP contribution >= 0.6 is 23.2 Å². The van der Waals surface area contributed by atoms with Crippen molar-refractivity contribution < 1.29 is 18.0 Å². The highest BCUT2D eigenvalue weighted by Gasteiger charge is 2.31. The number of rotatable bonds is 5. The average Bonchev–Trinajstić information content (AvgIpc) is 2.69. The minimum atomic E-state index is -4.58. The molecule has 3 rings (SSSR count). The van der Waals surface area contributed by atoms with Crippen LogP contribution in [0, 0.1) is 0 Å². The maximum atomic E-state index is 12.7. The molecule has 30 heavy (non-hydrogen) atoms. The summed E-state index contributed by atoms with van der Waals surface area (Å²) in [4.78, 5) is 23.6. The van der Waals surface area contributed by atoms with Crippen LogP contribution in [-0.2, 0) is 6.18 Å². The lowest BCUT2D eigenvalue weighted by molar-refractivity contribution is -0.137. The molecule has 0 radical (unpaired) electrons. The van der Waals surface area contributed by atoms with Gasteiger partial charge in [-0.25, -0.2) is 15.0 Å². The Kier molecular flexibility index (Phi) is 6.13. The van der Waals surface area contributed by atoms with Crippen LogP contribution in [0.25, 0.3) is 0 Å². The zero-order chi connectivity index (χ0) is 21.9. The van der Waals surface area contributed by atoms with Gasteiger partial charge in [0.05, 0.1) is 10.6 Å². The second kappa shape index (κ2) is 8.59. The number of halogens is 5. The van der Waals surface area contributed by atoms with Crippen molar-refractivity contribution in [3.05, 3.63) is 64.0 Å². The van der Waals surface area contributed by atoms with Crippen molar-refractivity contribution in [1.82, 2.24) is 20.4 Å². The molecule has 0 fully saturated rings. The number of aromatic nitrogens is 3. The van der Waals surface area contributed by atoms with E-state index < -0.39 is 17.6 Å². The molecule has 0 atom stereocenters. The summed E-state index contributed by atoms with van der Waals surface area (Å²) in [5, 5.41) is 2.73. The molecule has 2 heterocycles. The number of benzene rings is 1. The molecule has 13 heteroatoms. The normalized spacial score (nSPS) is 11.1. The van der Waals surface area contributed by atoms with E-state index in [4.69, 9.17) is 28.9 Å². The molecule has 156 valence electrons. The summed E-state index contributed by atoms with van der Waals surface area (Å²) in [7, 11) is 0. The molecule has 0 aliphatic rings. The highest BCUT2D eigenvalue weighted by atomic mass is 35.5. The molecule has 0 unspecified atom stereocenters. The smallest absolute Gasteiger partial charge is 0.393 e. The van der Waals surface area contributed by atoms with Gasteiger partial charge >= 0.3 is 6.18 Å². The Morgan fingerprint density at radius 2 is 1.77 bits per heavy atom. The summed E-state index contributed by atoms with van der Waals surface area (Å²) in [6.07, 6.45) is -2.85. The Bertz CT molecular complexity index is 1100. The SMILES string of the molecule is Nc1c(NNC(=O)c2cccc(Cl)c2)ncnc1Nc1ncc(C(F)(F)F)cc1Cl. The maximum Gasteiger partial charge on any atom is 0.417 e. The predicted molar refractivity (Wildman–Crippen MR) is 107 cm³/mol. The van der Waals surface area contributed by atoms with Crippen LogP contribution in [0.4, 0.5) is 36.3 Å². The summed E-state index contributed by atoms with van der Waals surface area (Å²) >= 11 is 11.7.